The molecule has 0 aliphatic carbocycles. The van der Waals surface area contributed by atoms with Gasteiger partial charge in [-0.15, -0.1) is 0 Å². The molecular weight excluding hydrogens is 392 g/mol. The summed E-state index contributed by atoms with van der Waals surface area (Å²) >= 11 is 6.27. The molecule has 156 valence electrons. The van der Waals surface area contributed by atoms with Crippen LogP contribution in [0.4, 0.5) is 0 Å². The molecule has 1 heterocycles. The first kappa shape index (κ1) is 21.4. The molecule has 3 rings (SSSR count). The Morgan fingerprint density at radius 3 is 2.62 bits per heavy atom. The van der Waals surface area contributed by atoms with Gasteiger partial charge in [0.05, 0.1) is 32.4 Å². The van der Waals surface area contributed by atoms with Crippen molar-refractivity contribution in [3.05, 3.63) is 59.1 Å². The molecule has 0 bridgehead atoms. The normalized spacial score (nSPS) is 17.0. The summed E-state index contributed by atoms with van der Waals surface area (Å²) in [6.07, 6.45) is -0.117. The molecule has 1 atom stereocenters. The molecule has 0 saturated carbocycles. The van der Waals surface area contributed by atoms with Crippen LogP contribution in [0.1, 0.15) is 18.6 Å². The molecular formula is C22H27ClN2O4. The van der Waals surface area contributed by atoms with Gasteiger partial charge in [-0.2, -0.15) is 0 Å². The zero-order chi connectivity index (χ0) is 20.5. The number of carbonyl (C=O) groups is 1. The van der Waals surface area contributed by atoms with E-state index in [1.54, 1.807) is 0 Å². The van der Waals surface area contributed by atoms with Crippen molar-refractivity contribution >= 4 is 17.5 Å². The van der Waals surface area contributed by atoms with Crippen molar-refractivity contribution in [1.29, 1.82) is 0 Å². The fourth-order valence-corrected chi connectivity index (χ4v) is 3.45. The average Bonchev–Trinajstić information content (AvgIpc) is 2.73. The molecule has 1 unspecified atom stereocenters. The predicted molar refractivity (Wildman–Crippen MR) is 113 cm³/mol. The number of morpholine rings is 1. The second-order valence-electron chi connectivity index (χ2n) is 6.72. The molecule has 1 N–H and O–H groups in total. The number of amides is 1. The number of rotatable bonds is 9. The minimum atomic E-state index is -0.117. The quantitative estimate of drug-likeness (QED) is 0.633. The van der Waals surface area contributed by atoms with Crippen molar-refractivity contribution in [3.63, 3.8) is 0 Å². The van der Waals surface area contributed by atoms with Gasteiger partial charge in [0.15, 0.2) is 0 Å². The molecule has 2 aromatic rings. The minimum Gasteiger partial charge on any atom is -0.494 e. The molecule has 2 aromatic carbocycles. The summed E-state index contributed by atoms with van der Waals surface area (Å²) in [6.45, 7) is 5.69. The molecule has 29 heavy (non-hydrogen) atoms. The Labute approximate surface area is 176 Å². The van der Waals surface area contributed by atoms with Crippen LogP contribution >= 0.6 is 11.6 Å². The van der Waals surface area contributed by atoms with Crippen LogP contribution < -0.4 is 14.8 Å². The van der Waals surface area contributed by atoms with Crippen molar-refractivity contribution < 1.29 is 19.0 Å². The predicted octanol–water partition coefficient (Wildman–Crippen LogP) is 3.31. The lowest BCUT2D eigenvalue weighted by molar-refractivity contribution is -0.124. The van der Waals surface area contributed by atoms with E-state index in [0.29, 0.717) is 44.5 Å². The van der Waals surface area contributed by atoms with Gasteiger partial charge in [0.25, 0.3) is 0 Å². The maximum absolute atomic E-state index is 12.3. The van der Waals surface area contributed by atoms with E-state index in [2.05, 4.69) is 10.2 Å². The van der Waals surface area contributed by atoms with E-state index >= 15 is 0 Å². The highest BCUT2D eigenvalue weighted by Crippen LogP contribution is 2.28. The molecule has 1 fully saturated rings. The van der Waals surface area contributed by atoms with Crippen molar-refractivity contribution in [2.24, 2.45) is 0 Å². The largest absolute Gasteiger partial charge is 0.494 e. The van der Waals surface area contributed by atoms with Gasteiger partial charge >= 0.3 is 0 Å². The second kappa shape index (κ2) is 11.0. The number of hydrogen-bond donors (Lipinski definition) is 1. The molecule has 6 nitrogen and oxygen atoms in total. The van der Waals surface area contributed by atoms with Crippen LogP contribution in [0.3, 0.4) is 0 Å². The third-order valence-corrected chi connectivity index (χ3v) is 4.94. The molecule has 1 aliphatic heterocycles. The molecule has 0 aromatic heterocycles. The van der Waals surface area contributed by atoms with E-state index in [0.717, 1.165) is 23.6 Å². The Morgan fingerprint density at radius 1 is 1.17 bits per heavy atom. The van der Waals surface area contributed by atoms with Crippen LogP contribution in [-0.4, -0.2) is 56.8 Å². The highest BCUT2D eigenvalue weighted by atomic mass is 35.5. The van der Waals surface area contributed by atoms with Gasteiger partial charge in [-0.3, -0.25) is 9.69 Å². The summed E-state index contributed by atoms with van der Waals surface area (Å²) in [7, 11) is 0. The van der Waals surface area contributed by atoms with Gasteiger partial charge in [0.2, 0.25) is 5.91 Å². The number of nitrogens with one attached hydrogen (secondary N) is 1. The van der Waals surface area contributed by atoms with Crippen LogP contribution in [0.25, 0.3) is 0 Å². The topological polar surface area (TPSA) is 60.0 Å². The van der Waals surface area contributed by atoms with Crippen LogP contribution in [-0.2, 0) is 9.53 Å². The Kier molecular flexibility index (Phi) is 8.16. The third-order valence-electron chi connectivity index (χ3n) is 4.60. The van der Waals surface area contributed by atoms with E-state index in [-0.39, 0.29) is 12.0 Å². The number of halogens is 1. The van der Waals surface area contributed by atoms with E-state index in [9.17, 15) is 4.79 Å². The number of nitrogens with zero attached hydrogens (tertiary/aromatic N) is 1. The van der Waals surface area contributed by atoms with Crippen molar-refractivity contribution in [2.45, 2.75) is 13.0 Å². The van der Waals surface area contributed by atoms with E-state index < -0.39 is 0 Å². The molecule has 0 radical (unpaired) electrons. The van der Waals surface area contributed by atoms with Crippen molar-refractivity contribution in [2.75, 3.05) is 46.0 Å². The maximum atomic E-state index is 12.3. The summed E-state index contributed by atoms with van der Waals surface area (Å²) in [5, 5.41) is 3.59. The van der Waals surface area contributed by atoms with Crippen LogP contribution in [0, 0.1) is 0 Å². The lowest BCUT2D eigenvalue weighted by atomic mass is 10.1. The molecule has 0 spiro atoms. The lowest BCUT2D eigenvalue weighted by Gasteiger charge is -2.33. The van der Waals surface area contributed by atoms with Gasteiger partial charge in [-0.25, -0.2) is 0 Å². The molecule has 1 saturated heterocycles. The summed E-state index contributed by atoms with van der Waals surface area (Å²) in [5.41, 5.74) is 0.961. The van der Waals surface area contributed by atoms with Crippen molar-refractivity contribution in [3.8, 4) is 11.5 Å². The van der Waals surface area contributed by atoms with Crippen LogP contribution in [0.2, 0.25) is 5.02 Å². The van der Waals surface area contributed by atoms with Gasteiger partial charge in [0.1, 0.15) is 18.1 Å². The fourth-order valence-electron chi connectivity index (χ4n) is 3.19. The smallest absolute Gasteiger partial charge is 0.234 e. The number of ether oxygens (including phenoxy) is 3. The van der Waals surface area contributed by atoms with Gasteiger partial charge in [-0.05, 0) is 37.3 Å². The van der Waals surface area contributed by atoms with E-state index in [1.165, 1.54) is 0 Å². The first-order valence-corrected chi connectivity index (χ1v) is 10.2. The first-order valence-electron chi connectivity index (χ1n) is 9.86. The van der Waals surface area contributed by atoms with E-state index in [1.807, 2.05) is 55.5 Å². The van der Waals surface area contributed by atoms with Gasteiger partial charge in [-0.1, -0.05) is 29.8 Å². The van der Waals surface area contributed by atoms with Crippen LogP contribution in [0.15, 0.2) is 48.5 Å². The monoisotopic (exact) mass is 418 g/mol. The van der Waals surface area contributed by atoms with E-state index in [4.69, 9.17) is 25.8 Å². The Balaban J connectivity index is 1.37. The number of benzene rings is 2. The lowest BCUT2D eigenvalue weighted by Crippen LogP contribution is -2.44. The molecule has 1 amide bonds. The summed E-state index contributed by atoms with van der Waals surface area (Å²) in [4.78, 5) is 14.3. The van der Waals surface area contributed by atoms with Gasteiger partial charge < -0.3 is 19.5 Å². The highest BCUT2D eigenvalue weighted by molar-refractivity contribution is 6.31. The summed E-state index contributed by atoms with van der Waals surface area (Å²) in [6, 6.07) is 15.1. The summed E-state index contributed by atoms with van der Waals surface area (Å²) < 4.78 is 16.9. The molecule has 1 aliphatic rings. The highest BCUT2D eigenvalue weighted by Gasteiger charge is 2.24. The molecule has 7 heteroatoms. The summed E-state index contributed by atoms with van der Waals surface area (Å²) in [5.74, 6) is 1.53. The van der Waals surface area contributed by atoms with Crippen molar-refractivity contribution in [1.82, 2.24) is 10.2 Å². The Bertz CT molecular complexity index is 785. The first-order chi connectivity index (χ1) is 14.2. The third kappa shape index (κ3) is 6.63. The zero-order valence-corrected chi connectivity index (χ0v) is 17.4. The maximum Gasteiger partial charge on any atom is 0.234 e. The number of hydrogen-bond acceptors (Lipinski definition) is 5. The minimum absolute atomic E-state index is 0.0277. The number of carbonyl (C=O) groups excluding carboxylic acids is 1. The fraction of sp³-hybridized carbons (Fsp3) is 0.409. The van der Waals surface area contributed by atoms with Gasteiger partial charge in [0, 0.05) is 23.7 Å². The SMILES string of the molecule is CCOc1ccc(OCCNC(=O)CN2CCOC(c3ccccc3Cl)C2)cc1. The Hall–Kier alpha value is -2.28. The second-order valence-corrected chi connectivity index (χ2v) is 7.13. The zero-order valence-electron chi connectivity index (χ0n) is 16.6. The van der Waals surface area contributed by atoms with Crippen LogP contribution in [0.5, 0.6) is 11.5 Å². The average molecular weight is 419 g/mol. The Morgan fingerprint density at radius 2 is 1.90 bits per heavy atom. The standard InChI is InChI=1S/C22H27ClN2O4/c1-2-27-17-7-9-18(10-8-17)28-13-11-24-22(26)16-25-12-14-29-21(15-25)19-5-3-4-6-20(19)23/h3-10,21H,2,11-16H2,1H3,(H,24,26).